The Hall–Kier alpha value is -0.120. The number of nitrogens with one attached hydrogen (secondary N) is 1. The molecule has 3 heteroatoms. The average Bonchev–Trinajstić information content (AvgIpc) is 2.53. The SMILES string of the molecule is CCOCCCNC1(C)CCOC1. The Balaban J connectivity index is 1.98. The maximum atomic E-state index is 5.34. The van der Waals surface area contributed by atoms with Crippen molar-refractivity contribution in [3.05, 3.63) is 0 Å². The van der Waals surface area contributed by atoms with Crippen molar-refractivity contribution in [2.45, 2.75) is 32.2 Å². The van der Waals surface area contributed by atoms with Gasteiger partial charge >= 0.3 is 0 Å². The molecule has 13 heavy (non-hydrogen) atoms. The van der Waals surface area contributed by atoms with Crippen LogP contribution in [-0.4, -0.2) is 38.5 Å². The summed E-state index contributed by atoms with van der Waals surface area (Å²) in [5, 5.41) is 3.51. The first kappa shape index (κ1) is 11.0. The van der Waals surface area contributed by atoms with E-state index in [2.05, 4.69) is 12.2 Å². The first-order valence-electron chi connectivity index (χ1n) is 5.17. The second kappa shape index (κ2) is 5.58. The third-order valence-electron chi connectivity index (χ3n) is 2.44. The normalized spacial score (nSPS) is 28.2. The van der Waals surface area contributed by atoms with Gasteiger partial charge in [-0.05, 0) is 33.2 Å². The van der Waals surface area contributed by atoms with Crippen LogP contribution in [0.5, 0.6) is 0 Å². The van der Waals surface area contributed by atoms with Crippen LogP contribution >= 0.6 is 0 Å². The first-order chi connectivity index (χ1) is 6.27. The predicted molar refractivity (Wildman–Crippen MR) is 53.0 cm³/mol. The number of hydrogen-bond acceptors (Lipinski definition) is 3. The number of ether oxygens (including phenoxy) is 2. The van der Waals surface area contributed by atoms with Crippen molar-refractivity contribution < 1.29 is 9.47 Å². The lowest BCUT2D eigenvalue weighted by Crippen LogP contribution is -2.43. The Bertz CT molecular complexity index is 133. The molecule has 1 aliphatic heterocycles. The van der Waals surface area contributed by atoms with E-state index in [9.17, 15) is 0 Å². The molecule has 0 aromatic heterocycles. The van der Waals surface area contributed by atoms with Crippen LogP contribution in [0.1, 0.15) is 26.7 Å². The molecule has 3 nitrogen and oxygen atoms in total. The van der Waals surface area contributed by atoms with Crippen molar-refractivity contribution in [2.24, 2.45) is 0 Å². The molecule has 1 N–H and O–H groups in total. The van der Waals surface area contributed by atoms with Crippen molar-refractivity contribution in [1.29, 1.82) is 0 Å². The minimum absolute atomic E-state index is 0.214. The quantitative estimate of drug-likeness (QED) is 0.633. The minimum Gasteiger partial charge on any atom is -0.382 e. The van der Waals surface area contributed by atoms with Crippen LogP contribution < -0.4 is 5.32 Å². The fourth-order valence-electron chi connectivity index (χ4n) is 1.52. The second-order valence-corrected chi connectivity index (χ2v) is 3.84. The first-order valence-corrected chi connectivity index (χ1v) is 5.17. The third kappa shape index (κ3) is 4.07. The number of hydrogen-bond donors (Lipinski definition) is 1. The number of rotatable bonds is 6. The smallest absolute Gasteiger partial charge is 0.0646 e. The standard InChI is InChI=1S/C10H21NO2/c1-3-12-7-4-6-11-10(2)5-8-13-9-10/h11H,3-9H2,1-2H3. The molecule has 0 aliphatic carbocycles. The van der Waals surface area contributed by atoms with E-state index >= 15 is 0 Å². The molecule has 1 fully saturated rings. The fraction of sp³-hybridized carbons (Fsp3) is 1.00. The molecule has 1 rings (SSSR count). The van der Waals surface area contributed by atoms with E-state index in [1.54, 1.807) is 0 Å². The molecule has 0 bridgehead atoms. The highest BCUT2D eigenvalue weighted by molar-refractivity contribution is 4.86. The van der Waals surface area contributed by atoms with Crippen LogP contribution in [0.4, 0.5) is 0 Å². The highest BCUT2D eigenvalue weighted by Gasteiger charge is 2.28. The summed E-state index contributed by atoms with van der Waals surface area (Å²) < 4.78 is 10.6. The second-order valence-electron chi connectivity index (χ2n) is 3.84. The molecule has 1 unspecified atom stereocenters. The van der Waals surface area contributed by atoms with Gasteiger partial charge in [0, 0.05) is 25.4 Å². The lowest BCUT2D eigenvalue weighted by molar-refractivity contribution is 0.139. The Morgan fingerprint density at radius 3 is 3.00 bits per heavy atom. The largest absolute Gasteiger partial charge is 0.382 e. The molecule has 0 aromatic carbocycles. The van der Waals surface area contributed by atoms with Gasteiger partial charge in [0.05, 0.1) is 6.61 Å². The van der Waals surface area contributed by atoms with E-state index in [4.69, 9.17) is 9.47 Å². The molecule has 0 amide bonds. The highest BCUT2D eigenvalue weighted by Crippen LogP contribution is 2.16. The van der Waals surface area contributed by atoms with Crippen LogP contribution in [0, 0.1) is 0 Å². The Morgan fingerprint density at radius 2 is 2.38 bits per heavy atom. The summed E-state index contributed by atoms with van der Waals surface area (Å²) in [5.41, 5.74) is 0.214. The molecule has 1 saturated heterocycles. The Morgan fingerprint density at radius 1 is 1.54 bits per heavy atom. The van der Waals surface area contributed by atoms with Crippen molar-refractivity contribution in [3.63, 3.8) is 0 Å². The van der Waals surface area contributed by atoms with Gasteiger partial charge < -0.3 is 14.8 Å². The lowest BCUT2D eigenvalue weighted by Gasteiger charge is -2.23. The van der Waals surface area contributed by atoms with Gasteiger partial charge in [0.1, 0.15) is 0 Å². The summed E-state index contributed by atoms with van der Waals surface area (Å²) in [5.74, 6) is 0. The third-order valence-corrected chi connectivity index (χ3v) is 2.44. The highest BCUT2D eigenvalue weighted by atomic mass is 16.5. The van der Waals surface area contributed by atoms with Gasteiger partial charge in [0.15, 0.2) is 0 Å². The van der Waals surface area contributed by atoms with Crippen LogP contribution in [0.2, 0.25) is 0 Å². The van der Waals surface area contributed by atoms with Crippen molar-refractivity contribution in [2.75, 3.05) is 33.0 Å². The van der Waals surface area contributed by atoms with Gasteiger partial charge in [-0.2, -0.15) is 0 Å². The summed E-state index contributed by atoms with van der Waals surface area (Å²) in [4.78, 5) is 0. The van der Waals surface area contributed by atoms with Gasteiger partial charge in [-0.3, -0.25) is 0 Å². The molecule has 78 valence electrons. The van der Waals surface area contributed by atoms with Crippen LogP contribution in [0.25, 0.3) is 0 Å². The fourth-order valence-corrected chi connectivity index (χ4v) is 1.52. The van der Waals surface area contributed by atoms with Crippen molar-refractivity contribution in [1.82, 2.24) is 5.32 Å². The summed E-state index contributed by atoms with van der Waals surface area (Å²) >= 11 is 0. The molecule has 0 saturated carbocycles. The van der Waals surface area contributed by atoms with Crippen LogP contribution in [0.15, 0.2) is 0 Å². The van der Waals surface area contributed by atoms with Gasteiger partial charge in [0.2, 0.25) is 0 Å². The van der Waals surface area contributed by atoms with Gasteiger partial charge in [-0.15, -0.1) is 0 Å². The molecular weight excluding hydrogens is 166 g/mol. The monoisotopic (exact) mass is 187 g/mol. The van der Waals surface area contributed by atoms with E-state index in [1.807, 2.05) is 6.92 Å². The van der Waals surface area contributed by atoms with Gasteiger partial charge in [0.25, 0.3) is 0 Å². The van der Waals surface area contributed by atoms with E-state index in [0.717, 1.165) is 45.8 Å². The average molecular weight is 187 g/mol. The topological polar surface area (TPSA) is 30.5 Å². The maximum absolute atomic E-state index is 5.34. The molecule has 0 spiro atoms. The molecule has 1 atom stereocenters. The Labute approximate surface area is 80.8 Å². The minimum atomic E-state index is 0.214. The van der Waals surface area contributed by atoms with Crippen molar-refractivity contribution >= 4 is 0 Å². The van der Waals surface area contributed by atoms with Gasteiger partial charge in [-0.1, -0.05) is 0 Å². The van der Waals surface area contributed by atoms with E-state index in [-0.39, 0.29) is 5.54 Å². The zero-order valence-corrected chi connectivity index (χ0v) is 8.77. The summed E-state index contributed by atoms with van der Waals surface area (Å²) in [7, 11) is 0. The predicted octanol–water partition coefficient (Wildman–Crippen LogP) is 1.18. The van der Waals surface area contributed by atoms with Gasteiger partial charge in [-0.25, -0.2) is 0 Å². The van der Waals surface area contributed by atoms with Crippen molar-refractivity contribution in [3.8, 4) is 0 Å². The zero-order valence-electron chi connectivity index (χ0n) is 8.77. The van der Waals surface area contributed by atoms with E-state index in [1.165, 1.54) is 0 Å². The molecule has 1 aliphatic rings. The molecule has 0 radical (unpaired) electrons. The lowest BCUT2D eigenvalue weighted by atomic mass is 10.0. The van der Waals surface area contributed by atoms with E-state index in [0.29, 0.717) is 0 Å². The molecule has 0 aromatic rings. The summed E-state index contributed by atoms with van der Waals surface area (Å²) in [6, 6.07) is 0. The summed E-state index contributed by atoms with van der Waals surface area (Å²) in [6.07, 6.45) is 2.21. The molecule has 1 heterocycles. The van der Waals surface area contributed by atoms with E-state index < -0.39 is 0 Å². The maximum Gasteiger partial charge on any atom is 0.0646 e. The zero-order chi connectivity index (χ0) is 9.57. The summed E-state index contributed by atoms with van der Waals surface area (Å²) in [6.45, 7) is 8.71. The molecular formula is C10H21NO2. The Kier molecular flexibility index (Phi) is 4.70. The van der Waals surface area contributed by atoms with Crippen LogP contribution in [0.3, 0.4) is 0 Å². The van der Waals surface area contributed by atoms with Crippen LogP contribution in [-0.2, 0) is 9.47 Å².